The van der Waals surface area contributed by atoms with Gasteiger partial charge in [-0.25, -0.2) is 15.0 Å². The number of nitrogens with one attached hydrogen (secondary N) is 1. The smallest absolute Gasteiger partial charge is 0.251 e. The van der Waals surface area contributed by atoms with Crippen LogP contribution in [0.1, 0.15) is 38.2 Å². The molecule has 5 nitrogen and oxygen atoms in total. The van der Waals surface area contributed by atoms with Crippen LogP contribution in [-0.4, -0.2) is 19.9 Å². The molecule has 2 heterocycles. The maximum Gasteiger partial charge on any atom is 0.251 e. The molecule has 0 saturated heterocycles. The number of rotatable bonds is 6. The fraction of sp³-hybridized carbons (Fsp3) is 0.429. The fourth-order valence-electron chi connectivity index (χ4n) is 1.84. The van der Waals surface area contributed by atoms with Gasteiger partial charge in [0, 0.05) is 24.2 Å². The van der Waals surface area contributed by atoms with Crippen LogP contribution in [0.4, 0.5) is 0 Å². The topological polar surface area (TPSA) is 71.5 Å². The minimum Gasteiger partial charge on any atom is -0.301 e. The fourth-order valence-corrected chi connectivity index (χ4v) is 2.94. The lowest BCUT2D eigenvalue weighted by Crippen LogP contribution is -2.10. The zero-order chi connectivity index (χ0) is 15.2. The van der Waals surface area contributed by atoms with E-state index in [1.807, 2.05) is 0 Å². The third-order valence-corrected chi connectivity index (χ3v) is 3.67. The van der Waals surface area contributed by atoms with E-state index in [0.29, 0.717) is 21.2 Å². The Labute approximate surface area is 132 Å². The molecule has 0 spiro atoms. The zero-order valence-corrected chi connectivity index (χ0v) is 13.6. The van der Waals surface area contributed by atoms with Crippen molar-refractivity contribution in [2.24, 2.45) is 0 Å². The third-order valence-electron chi connectivity index (χ3n) is 2.67. The highest BCUT2D eigenvalue weighted by molar-refractivity contribution is 7.99. The molecule has 21 heavy (non-hydrogen) atoms. The van der Waals surface area contributed by atoms with Crippen LogP contribution in [0.5, 0.6) is 0 Å². The number of nitrogens with zero attached hydrogens (tertiary/aromatic N) is 3. The number of hydrogen-bond acceptors (Lipinski definition) is 5. The van der Waals surface area contributed by atoms with Crippen molar-refractivity contribution in [1.82, 2.24) is 19.9 Å². The number of aromatic amines is 1. The minimum absolute atomic E-state index is 0.148. The van der Waals surface area contributed by atoms with Crippen molar-refractivity contribution in [2.75, 3.05) is 0 Å². The first-order chi connectivity index (χ1) is 10.1. The lowest BCUT2D eigenvalue weighted by Gasteiger charge is -2.05. The Bertz CT molecular complexity index is 674. The van der Waals surface area contributed by atoms with Gasteiger partial charge in [0.05, 0.1) is 0 Å². The second kappa shape index (κ2) is 7.56. The van der Waals surface area contributed by atoms with Gasteiger partial charge in [-0.2, -0.15) is 0 Å². The number of halogens is 1. The quantitative estimate of drug-likeness (QED) is 0.652. The summed E-state index contributed by atoms with van der Waals surface area (Å²) in [5.41, 5.74) is 0.641. The Balaban J connectivity index is 2.27. The predicted octanol–water partition coefficient (Wildman–Crippen LogP) is 3.27. The summed E-state index contributed by atoms with van der Waals surface area (Å²) in [5, 5.41) is 1.63. The summed E-state index contributed by atoms with van der Waals surface area (Å²) >= 11 is 7.30. The predicted molar refractivity (Wildman–Crippen MR) is 84.0 cm³/mol. The molecule has 0 fully saturated rings. The van der Waals surface area contributed by atoms with Crippen LogP contribution in [0.2, 0.25) is 5.15 Å². The molecule has 1 N–H and O–H groups in total. The average Bonchev–Trinajstić information content (AvgIpc) is 2.37. The summed E-state index contributed by atoms with van der Waals surface area (Å²) in [4.78, 5) is 27.4. The van der Waals surface area contributed by atoms with Crippen LogP contribution in [0.15, 0.2) is 27.1 Å². The largest absolute Gasteiger partial charge is 0.301 e. The molecule has 0 aliphatic rings. The highest BCUT2D eigenvalue weighted by atomic mass is 35.5. The summed E-state index contributed by atoms with van der Waals surface area (Å²) < 4.78 is 0. The highest BCUT2D eigenvalue weighted by Gasteiger charge is 2.08. The number of aryl methyl sites for hydroxylation is 2. The number of hydrogen-bond donors (Lipinski definition) is 1. The van der Waals surface area contributed by atoms with Crippen LogP contribution in [0.3, 0.4) is 0 Å². The minimum atomic E-state index is -0.148. The molecule has 0 amide bonds. The highest BCUT2D eigenvalue weighted by Crippen LogP contribution is 2.24. The van der Waals surface area contributed by atoms with Crippen molar-refractivity contribution in [3.05, 3.63) is 39.2 Å². The van der Waals surface area contributed by atoms with Gasteiger partial charge in [0.2, 0.25) is 0 Å². The van der Waals surface area contributed by atoms with E-state index in [-0.39, 0.29) is 5.56 Å². The second-order valence-electron chi connectivity index (χ2n) is 4.59. The van der Waals surface area contributed by atoms with Crippen LogP contribution in [0, 0.1) is 0 Å². The molecule has 0 bridgehead atoms. The summed E-state index contributed by atoms with van der Waals surface area (Å²) in [5.74, 6) is 0.708. The Kier molecular flexibility index (Phi) is 5.76. The van der Waals surface area contributed by atoms with E-state index < -0.39 is 0 Å². The van der Waals surface area contributed by atoms with Gasteiger partial charge in [0.15, 0.2) is 5.16 Å². The van der Waals surface area contributed by atoms with Crippen molar-refractivity contribution in [2.45, 2.75) is 49.7 Å². The van der Waals surface area contributed by atoms with Gasteiger partial charge in [-0.05, 0) is 24.6 Å². The molecule has 0 unspecified atom stereocenters. The third kappa shape index (κ3) is 4.82. The van der Waals surface area contributed by atoms with E-state index in [1.165, 1.54) is 17.8 Å². The van der Waals surface area contributed by atoms with Crippen LogP contribution in [-0.2, 0) is 12.8 Å². The SMILES string of the molecule is CCCc1cc(=O)[nH]c(Sc2cc(Cl)nc(CCC)n2)n1. The molecule has 112 valence electrons. The molecular weight excluding hydrogens is 308 g/mol. The zero-order valence-electron chi connectivity index (χ0n) is 12.0. The first-order valence-corrected chi connectivity index (χ1v) is 8.11. The maximum atomic E-state index is 11.6. The standard InChI is InChI=1S/C14H17ClN4OS/c1-3-5-9-7-12(20)19-14(16-9)21-13-8-10(15)17-11(18-13)6-4-2/h7-8H,3-6H2,1-2H3,(H,16,19,20). The molecule has 0 radical (unpaired) electrons. The molecule has 0 aliphatic heterocycles. The van der Waals surface area contributed by atoms with Gasteiger partial charge in [-0.3, -0.25) is 4.79 Å². The summed E-state index contributed by atoms with van der Waals surface area (Å²) in [7, 11) is 0. The van der Waals surface area contributed by atoms with E-state index in [4.69, 9.17) is 11.6 Å². The van der Waals surface area contributed by atoms with E-state index >= 15 is 0 Å². The molecule has 2 aromatic heterocycles. The first-order valence-electron chi connectivity index (χ1n) is 6.92. The summed E-state index contributed by atoms with van der Waals surface area (Å²) in [6, 6.07) is 3.21. The normalized spacial score (nSPS) is 10.8. The van der Waals surface area contributed by atoms with E-state index in [0.717, 1.165) is 31.4 Å². The molecule has 2 aromatic rings. The van der Waals surface area contributed by atoms with Crippen LogP contribution in [0.25, 0.3) is 0 Å². The average molecular weight is 325 g/mol. The van der Waals surface area contributed by atoms with Gasteiger partial charge < -0.3 is 4.98 Å². The Morgan fingerprint density at radius 3 is 2.62 bits per heavy atom. The van der Waals surface area contributed by atoms with Gasteiger partial charge in [0.25, 0.3) is 5.56 Å². The Morgan fingerprint density at radius 2 is 1.90 bits per heavy atom. The monoisotopic (exact) mass is 324 g/mol. The Morgan fingerprint density at radius 1 is 1.14 bits per heavy atom. The summed E-state index contributed by atoms with van der Waals surface area (Å²) in [6.45, 7) is 4.11. The molecule has 0 aliphatic carbocycles. The molecular formula is C14H17ClN4OS. The van der Waals surface area contributed by atoms with Gasteiger partial charge in [0.1, 0.15) is 16.0 Å². The van der Waals surface area contributed by atoms with Crippen molar-refractivity contribution in [1.29, 1.82) is 0 Å². The van der Waals surface area contributed by atoms with E-state index in [2.05, 4.69) is 33.8 Å². The number of aromatic nitrogens is 4. The van der Waals surface area contributed by atoms with Crippen molar-refractivity contribution in [3.63, 3.8) is 0 Å². The van der Waals surface area contributed by atoms with Crippen LogP contribution >= 0.6 is 23.4 Å². The first kappa shape index (κ1) is 16.0. The molecule has 0 aromatic carbocycles. The molecule has 0 atom stereocenters. The van der Waals surface area contributed by atoms with Gasteiger partial charge in [-0.1, -0.05) is 31.9 Å². The van der Waals surface area contributed by atoms with E-state index in [9.17, 15) is 4.79 Å². The maximum absolute atomic E-state index is 11.6. The van der Waals surface area contributed by atoms with Crippen molar-refractivity contribution in [3.8, 4) is 0 Å². The van der Waals surface area contributed by atoms with Crippen LogP contribution < -0.4 is 5.56 Å². The molecule has 2 rings (SSSR count). The van der Waals surface area contributed by atoms with Crippen molar-refractivity contribution >= 4 is 23.4 Å². The molecule has 0 saturated carbocycles. The summed E-state index contributed by atoms with van der Waals surface area (Å²) in [6.07, 6.45) is 3.45. The lowest BCUT2D eigenvalue weighted by molar-refractivity contribution is 0.801. The van der Waals surface area contributed by atoms with E-state index in [1.54, 1.807) is 6.07 Å². The number of H-pyrrole nitrogens is 1. The lowest BCUT2D eigenvalue weighted by atomic mass is 10.2. The molecule has 7 heteroatoms. The Hall–Kier alpha value is -1.40. The van der Waals surface area contributed by atoms with Gasteiger partial charge in [-0.15, -0.1) is 0 Å². The second-order valence-corrected chi connectivity index (χ2v) is 5.99. The van der Waals surface area contributed by atoms with Crippen molar-refractivity contribution < 1.29 is 0 Å². The van der Waals surface area contributed by atoms with Gasteiger partial charge >= 0.3 is 0 Å².